The van der Waals surface area contributed by atoms with Crippen LogP contribution in [0.2, 0.25) is 5.28 Å². The largest absolute Gasteiger partial charge is 0.478 e. The van der Waals surface area contributed by atoms with Crippen LogP contribution in [-0.4, -0.2) is 89.9 Å². The number of aromatic nitrogens is 4. The quantitative estimate of drug-likeness (QED) is 0.0452. The first kappa shape index (κ1) is 55.6. The number of anilines is 7. The number of morpholine rings is 2. The van der Waals surface area contributed by atoms with Crippen LogP contribution >= 0.6 is 59.4 Å². The Labute approximate surface area is 446 Å². The molecule has 0 radical (unpaired) electrons. The number of carbonyl (C=O) groups excluding carboxylic acids is 1. The number of nitrogens with zero attached hydrogens (tertiary/aromatic N) is 6. The number of carboxylic acids is 1. The molecular formula is C50H44Br3ClF4N10O5. The molecule has 8 aromatic rings. The minimum atomic E-state index is -1.35. The first-order valence-electron chi connectivity index (χ1n) is 21.8. The highest BCUT2D eigenvalue weighted by Crippen LogP contribution is 2.27. The zero-order valence-corrected chi connectivity index (χ0v) is 43.7. The van der Waals surface area contributed by atoms with E-state index in [9.17, 15) is 27.2 Å². The van der Waals surface area contributed by atoms with Gasteiger partial charge < -0.3 is 46.9 Å². The second-order valence-electron chi connectivity index (χ2n) is 15.4. The van der Waals surface area contributed by atoms with Gasteiger partial charge in [-0.15, -0.1) is 0 Å². The predicted molar refractivity (Wildman–Crippen MR) is 288 cm³/mol. The van der Waals surface area contributed by atoms with Crippen LogP contribution in [0.3, 0.4) is 0 Å². The molecule has 0 aliphatic carbocycles. The van der Waals surface area contributed by atoms with E-state index in [2.05, 4.69) is 107 Å². The van der Waals surface area contributed by atoms with E-state index in [-0.39, 0.29) is 38.3 Å². The highest BCUT2D eigenvalue weighted by Gasteiger charge is 2.15. The van der Waals surface area contributed by atoms with E-state index in [1.807, 2.05) is 24.3 Å². The maximum Gasteiger partial charge on any atom is 0.340 e. The Morgan fingerprint density at radius 3 is 1.63 bits per heavy atom. The zero-order chi connectivity index (χ0) is 52.6. The standard InChI is InChI=1S/C18H16BrFN4O.C10H14N2O.C8H3BrClFN2.C7H5BrFNO.C7H6FNO2/c19-15-5-6-16-14(17(15)20)11-21-18(23-16)22-12-1-3-13(4-2-12)24-7-9-25-10-8-24;11-9-1-3-10(4-2-9)12-5-7-13-8-6-12;9-5-1-2-6-4(7(5)11)3-12-8(10)13-6;8-5-1-2-6(10)4(3-11)7(5)9;8-4-2-1-3-5(9)6(4)7(10)11/h1-6,11H,7-10H2,(H,21,22,23);1-4H,5-8,11H2;1-3H;1-3H,10H2;1-3H,9H2,(H,10,11). The van der Waals surface area contributed by atoms with Crippen molar-refractivity contribution in [3.05, 3.63) is 169 Å². The van der Waals surface area contributed by atoms with E-state index in [1.165, 1.54) is 48.0 Å². The maximum absolute atomic E-state index is 14.0. The number of carbonyl (C=O) groups is 2. The molecule has 10 rings (SSSR count). The van der Waals surface area contributed by atoms with Gasteiger partial charge in [-0.05, 0) is 156 Å². The topological polar surface area (TPSA) is 221 Å². The molecule has 2 aliphatic rings. The molecule has 2 aliphatic heterocycles. The SMILES string of the molecule is Fc1c(Br)ccc2nc(Cl)ncc12.Fc1c(Br)ccc2nc(Nc3ccc(N4CCOCC4)cc3)ncc12.Nc1ccc(Br)c(F)c1C=O.Nc1ccc(N2CCOCC2)cc1.Nc1cccc(F)c1C(=O)O. The van der Waals surface area contributed by atoms with Crippen LogP contribution in [0.1, 0.15) is 20.7 Å². The number of nitrogens with one attached hydrogen (secondary N) is 1. The van der Waals surface area contributed by atoms with Gasteiger partial charge >= 0.3 is 5.97 Å². The second-order valence-corrected chi connectivity index (χ2v) is 18.3. The third kappa shape index (κ3) is 15.4. The normalized spacial score (nSPS) is 12.9. The minimum Gasteiger partial charge on any atom is -0.478 e. The Kier molecular flexibility index (Phi) is 20.5. The van der Waals surface area contributed by atoms with Gasteiger partial charge in [0.15, 0.2) is 6.29 Å². The molecule has 2 fully saturated rings. The number of benzene rings is 6. The molecule has 0 amide bonds. The van der Waals surface area contributed by atoms with Gasteiger partial charge in [0.1, 0.15) is 28.8 Å². The van der Waals surface area contributed by atoms with Crippen molar-refractivity contribution >= 4 is 134 Å². The first-order chi connectivity index (χ1) is 35.0. The minimum absolute atomic E-state index is 0.0579. The summed E-state index contributed by atoms with van der Waals surface area (Å²) in [5.41, 5.74) is 20.8. The molecule has 0 unspecified atom stereocenters. The number of fused-ring (bicyclic) bond motifs is 2. The van der Waals surface area contributed by atoms with E-state index in [4.69, 9.17) is 43.4 Å². The Hall–Kier alpha value is -6.69. The maximum atomic E-state index is 14.0. The highest BCUT2D eigenvalue weighted by atomic mass is 79.9. The van der Waals surface area contributed by atoms with Crippen molar-refractivity contribution in [1.82, 2.24) is 19.9 Å². The Balaban J connectivity index is 0.000000157. The molecule has 8 N–H and O–H groups in total. The summed E-state index contributed by atoms with van der Waals surface area (Å²) < 4.78 is 64.6. The van der Waals surface area contributed by atoms with Crippen molar-refractivity contribution in [2.45, 2.75) is 0 Å². The molecule has 23 heteroatoms. The Bertz CT molecular complexity index is 3160. The summed E-state index contributed by atoms with van der Waals surface area (Å²) in [6.07, 6.45) is 3.26. The molecule has 2 saturated heterocycles. The number of rotatable bonds is 6. The van der Waals surface area contributed by atoms with Gasteiger partial charge in [-0.3, -0.25) is 4.79 Å². The Morgan fingerprint density at radius 1 is 0.644 bits per heavy atom. The molecule has 6 aromatic carbocycles. The molecule has 4 heterocycles. The molecule has 15 nitrogen and oxygen atoms in total. The van der Waals surface area contributed by atoms with Crippen LogP contribution in [0.15, 0.2) is 129 Å². The lowest BCUT2D eigenvalue weighted by molar-refractivity contribution is 0.0693. The number of halogens is 8. The van der Waals surface area contributed by atoms with Crippen molar-refractivity contribution < 1.29 is 41.7 Å². The van der Waals surface area contributed by atoms with E-state index >= 15 is 0 Å². The second kappa shape index (κ2) is 26.8. The lowest BCUT2D eigenvalue weighted by atomic mass is 10.2. The third-order valence-electron chi connectivity index (χ3n) is 10.6. The number of aromatic carboxylic acids is 1. The van der Waals surface area contributed by atoms with E-state index in [0.29, 0.717) is 43.0 Å². The van der Waals surface area contributed by atoms with E-state index in [0.717, 1.165) is 70.0 Å². The van der Waals surface area contributed by atoms with Gasteiger partial charge in [-0.25, -0.2) is 42.3 Å². The van der Waals surface area contributed by atoms with E-state index < -0.39 is 23.2 Å². The molecule has 73 heavy (non-hydrogen) atoms. The van der Waals surface area contributed by atoms with Gasteiger partial charge in [0.2, 0.25) is 11.2 Å². The fourth-order valence-electron chi connectivity index (χ4n) is 6.81. The molecular weight excluding hydrogens is 1170 g/mol. The van der Waals surface area contributed by atoms with Gasteiger partial charge in [-0.2, -0.15) is 0 Å². The molecule has 380 valence electrons. The number of hydrogen-bond acceptors (Lipinski definition) is 14. The number of aldehydes is 1. The van der Waals surface area contributed by atoms with Crippen LogP contribution in [-0.2, 0) is 9.47 Å². The number of ether oxygens (including phenoxy) is 2. The van der Waals surface area contributed by atoms with Gasteiger partial charge in [0.05, 0.1) is 67.2 Å². The zero-order valence-electron chi connectivity index (χ0n) is 38.2. The fourth-order valence-corrected chi connectivity index (χ4v) is 7.99. The third-order valence-corrected chi connectivity index (χ3v) is 12.6. The summed E-state index contributed by atoms with van der Waals surface area (Å²) in [6, 6.07) is 29.4. The Morgan fingerprint density at radius 2 is 1.14 bits per heavy atom. The van der Waals surface area contributed by atoms with Crippen LogP contribution < -0.4 is 32.3 Å². The number of nitrogens with two attached hydrogens (primary N) is 3. The van der Waals surface area contributed by atoms with Gasteiger partial charge in [-0.1, -0.05) is 6.07 Å². The summed E-state index contributed by atoms with van der Waals surface area (Å²) in [6.45, 7) is 6.93. The summed E-state index contributed by atoms with van der Waals surface area (Å²) in [5.74, 6) is -3.04. The smallest absolute Gasteiger partial charge is 0.340 e. The number of carboxylic acid groups (broad SMARTS) is 1. The highest BCUT2D eigenvalue weighted by molar-refractivity contribution is 9.11. The lowest BCUT2D eigenvalue weighted by Crippen LogP contribution is -2.36. The van der Waals surface area contributed by atoms with Crippen molar-refractivity contribution in [3.63, 3.8) is 0 Å². The molecule has 0 saturated carbocycles. The van der Waals surface area contributed by atoms with Crippen LogP contribution in [0.5, 0.6) is 0 Å². The van der Waals surface area contributed by atoms with Crippen LogP contribution in [0.25, 0.3) is 21.8 Å². The number of hydrogen-bond donors (Lipinski definition) is 5. The summed E-state index contributed by atoms with van der Waals surface area (Å²) in [5, 5.41) is 12.5. The molecule has 0 bridgehead atoms. The van der Waals surface area contributed by atoms with Crippen molar-refractivity contribution in [1.29, 1.82) is 0 Å². The molecule has 0 atom stereocenters. The fraction of sp³-hybridized carbons (Fsp3) is 0.160. The van der Waals surface area contributed by atoms with Gasteiger partial charge in [0.25, 0.3) is 0 Å². The lowest BCUT2D eigenvalue weighted by Gasteiger charge is -2.28. The predicted octanol–water partition coefficient (Wildman–Crippen LogP) is 11.5. The summed E-state index contributed by atoms with van der Waals surface area (Å²) >= 11 is 14.7. The molecule has 2 aromatic heterocycles. The average Bonchev–Trinajstić information content (AvgIpc) is 3.39. The van der Waals surface area contributed by atoms with Crippen molar-refractivity contribution in [2.24, 2.45) is 0 Å². The molecule has 0 spiro atoms. The van der Waals surface area contributed by atoms with Crippen molar-refractivity contribution in [3.8, 4) is 0 Å². The number of nitrogen functional groups attached to an aromatic ring is 3. The first-order valence-corrected chi connectivity index (χ1v) is 24.5. The monoisotopic (exact) mass is 1210 g/mol. The van der Waals surface area contributed by atoms with Gasteiger partial charge in [0, 0.05) is 72.7 Å². The summed E-state index contributed by atoms with van der Waals surface area (Å²) in [7, 11) is 0. The van der Waals surface area contributed by atoms with Crippen LogP contribution in [0.4, 0.5) is 57.6 Å². The summed E-state index contributed by atoms with van der Waals surface area (Å²) in [4.78, 5) is 41.3. The van der Waals surface area contributed by atoms with Crippen LogP contribution in [0, 0.1) is 23.3 Å². The average molecular weight is 1220 g/mol. The van der Waals surface area contributed by atoms with Crippen molar-refractivity contribution in [2.75, 3.05) is 84.9 Å². The van der Waals surface area contributed by atoms with E-state index in [1.54, 1.807) is 24.3 Å².